The van der Waals surface area contributed by atoms with Crippen LogP contribution >= 0.6 is 11.6 Å². The zero-order valence-corrected chi connectivity index (χ0v) is 12.7. The molecule has 114 valence electrons. The number of halogens is 1. The van der Waals surface area contributed by atoms with E-state index in [0.717, 1.165) is 24.8 Å². The predicted octanol–water partition coefficient (Wildman–Crippen LogP) is 3.56. The number of aryl methyl sites for hydroxylation is 1. The van der Waals surface area contributed by atoms with Crippen molar-refractivity contribution in [3.8, 4) is 0 Å². The van der Waals surface area contributed by atoms with E-state index >= 15 is 0 Å². The zero-order chi connectivity index (χ0) is 15.5. The summed E-state index contributed by atoms with van der Waals surface area (Å²) in [5.74, 6) is -0.973. The van der Waals surface area contributed by atoms with Crippen LogP contribution in [-0.2, 0) is 4.79 Å². The van der Waals surface area contributed by atoms with E-state index in [1.807, 2.05) is 6.92 Å². The lowest BCUT2D eigenvalue weighted by Crippen LogP contribution is -2.56. The van der Waals surface area contributed by atoms with Gasteiger partial charge in [0.2, 0.25) is 0 Å². The van der Waals surface area contributed by atoms with Crippen molar-refractivity contribution in [2.45, 2.75) is 44.6 Å². The number of carboxylic acid groups (broad SMARTS) is 1. The number of hydrogen-bond acceptors (Lipinski definition) is 2. The normalized spacial score (nSPS) is 17.0. The fourth-order valence-electron chi connectivity index (χ4n) is 2.60. The Kier molecular flexibility index (Phi) is 4.73. The van der Waals surface area contributed by atoms with Gasteiger partial charge in [0.15, 0.2) is 0 Å². The standard InChI is InChI=1S/C15H19ClN2O3/c1-10-5-6-11(9-12(10)16)17-14(21)18-15(13(19)20)7-3-2-4-8-15/h5-6,9H,2-4,7-8H2,1H3,(H,19,20)(H2,17,18,21). The van der Waals surface area contributed by atoms with Crippen LogP contribution in [0.1, 0.15) is 37.7 Å². The number of aliphatic carboxylic acids is 1. The summed E-state index contributed by atoms with van der Waals surface area (Å²) in [7, 11) is 0. The minimum Gasteiger partial charge on any atom is -0.480 e. The molecule has 1 aromatic rings. The van der Waals surface area contributed by atoms with E-state index in [9.17, 15) is 14.7 Å². The van der Waals surface area contributed by atoms with Crippen LogP contribution < -0.4 is 10.6 Å². The monoisotopic (exact) mass is 310 g/mol. The SMILES string of the molecule is Cc1ccc(NC(=O)NC2(C(=O)O)CCCCC2)cc1Cl. The first kappa shape index (κ1) is 15.6. The number of nitrogens with one attached hydrogen (secondary N) is 2. The summed E-state index contributed by atoms with van der Waals surface area (Å²) in [5, 5.41) is 15.2. The van der Waals surface area contributed by atoms with Crippen molar-refractivity contribution >= 4 is 29.3 Å². The second kappa shape index (κ2) is 6.35. The average Bonchev–Trinajstić information content (AvgIpc) is 2.43. The molecule has 5 nitrogen and oxygen atoms in total. The molecule has 0 radical (unpaired) electrons. The minimum absolute atomic E-state index is 0.463. The highest BCUT2D eigenvalue weighted by Gasteiger charge is 2.40. The lowest BCUT2D eigenvalue weighted by Gasteiger charge is -2.33. The molecule has 0 spiro atoms. The molecule has 1 saturated carbocycles. The molecule has 2 amide bonds. The van der Waals surface area contributed by atoms with Gasteiger partial charge in [-0.2, -0.15) is 0 Å². The van der Waals surface area contributed by atoms with Gasteiger partial charge in [-0.15, -0.1) is 0 Å². The number of carbonyl (C=O) groups excluding carboxylic acids is 1. The highest BCUT2D eigenvalue weighted by molar-refractivity contribution is 6.31. The van der Waals surface area contributed by atoms with Gasteiger partial charge >= 0.3 is 12.0 Å². The van der Waals surface area contributed by atoms with E-state index in [4.69, 9.17) is 11.6 Å². The molecule has 0 atom stereocenters. The molecule has 3 N–H and O–H groups in total. The largest absolute Gasteiger partial charge is 0.480 e. The van der Waals surface area contributed by atoms with Crippen molar-refractivity contribution < 1.29 is 14.7 Å². The van der Waals surface area contributed by atoms with Gasteiger partial charge in [0.05, 0.1) is 0 Å². The van der Waals surface area contributed by atoms with Gasteiger partial charge in [0.1, 0.15) is 5.54 Å². The Labute approximate surface area is 128 Å². The van der Waals surface area contributed by atoms with Crippen molar-refractivity contribution in [3.05, 3.63) is 28.8 Å². The van der Waals surface area contributed by atoms with Gasteiger partial charge in [-0.25, -0.2) is 9.59 Å². The van der Waals surface area contributed by atoms with Crippen molar-refractivity contribution in [1.29, 1.82) is 0 Å². The molecule has 21 heavy (non-hydrogen) atoms. The van der Waals surface area contributed by atoms with Gasteiger partial charge in [-0.3, -0.25) is 0 Å². The smallest absolute Gasteiger partial charge is 0.329 e. The number of urea groups is 1. The number of benzene rings is 1. The van der Waals surface area contributed by atoms with Crippen LogP contribution in [0.3, 0.4) is 0 Å². The second-order valence-corrected chi connectivity index (χ2v) is 5.90. The summed E-state index contributed by atoms with van der Waals surface area (Å²) in [6, 6.07) is 4.66. The van der Waals surface area contributed by atoms with E-state index in [1.54, 1.807) is 18.2 Å². The number of rotatable bonds is 3. The molecule has 1 fully saturated rings. The zero-order valence-electron chi connectivity index (χ0n) is 11.9. The second-order valence-electron chi connectivity index (χ2n) is 5.49. The van der Waals surface area contributed by atoms with Crippen LogP contribution in [0.4, 0.5) is 10.5 Å². The Morgan fingerprint density at radius 2 is 1.90 bits per heavy atom. The Bertz CT molecular complexity index is 554. The van der Waals surface area contributed by atoms with Crippen LogP contribution in [0.25, 0.3) is 0 Å². The summed E-state index contributed by atoms with van der Waals surface area (Å²) in [5.41, 5.74) is 0.299. The molecule has 0 unspecified atom stereocenters. The van der Waals surface area contributed by atoms with Crippen molar-refractivity contribution in [2.24, 2.45) is 0 Å². The molecule has 1 aliphatic rings. The topological polar surface area (TPSA) is 78.4 Å². The van der Waals surface area contributed by atoms with E-state index in [2.05, 4.69) is 10.6 Å². The predicted molar refractivity (Wildman–Crippen MR) is 81.8 cm³/mol. The van der Waals surface area contributed by atoms with Gasteiger partial charge in [0, 0.05) is 10.7 Å². The van der Waals surface area contributed by atoms with Crippen molar-refractivity contribution in [3.63, 3.8) is 0 Å². The minimum atomic E-state index is -1.16. The summed E-state index contributed by atoms with van der Waals surface area (Å²) in [6.45, 7) is 1.87. The first-order valence-corrected chi connectivity index (χ1v) is 7.39. The number of amides is 2. The summed E-state index contributed by atoms with van der Waals surface area (Å²) in [4.78, 5) is 23.6. The van der Waals surface area contributed by atoms with E-state index in [1.165, 1.54) is 0 Å². The number of carbonyl (C=O) groups is 2. The average molecular weight is 311 g/mol. The molecule has 0 aromatic heterocycles. The first-order valence-electron chi connectivity index (χ1n) is 7.02. The molecule has 0 heterocycles. The molecule has 0 aliphatic heterocycles. The third-order valence-corrected chi connectivity index (χ3v) is 4.31. The van der Waals surface area contributed by atoms with Gasteiger partial charge in [-0.05, 0) is 37.5 Å². The van der Waals surface area contributed by atoms with Gasteiger partial charge in [-0.1, -0.05) is 36.9 Å². The Morgan fingerprint density at radius 3 is 2.48 bits per heavy atom. The first-order chi connectivity index (χ1) is 9.93. The molecule has 1 aromatic carbocycles. The lowest BCUT2D eigenvalue weighted by atomic mass is 9.82. The fourth-order valence-corrected chi connectivity index (χ4v) is 2.78. The molecular weight excluding hydrogens is 292 g/mol. The molecule has 2 rings (SSSR count). The summed E-state index contributed by atoms with van der Waals surface area (Å²) in [6.07, 6.45) is 3.55. The summed E-state index contributed by atoms with van der Waals surface area (Å²) >= 11 is 6.00. The Morgan fingerprint density at radius 1 is 1.24 bits per heavy atom. The van der Waals surface area contributed by atoms with Crippen molar-refractivity contribution in [2.75, 3.05) is 5.32 Å². The third kappa shape index (κ3) is 3.67. The van der Waals surface area contributed by atoms with E-state index in [0.29, 0.717) is 23.6 Å². The maximum Gasteiger partial charge on any atom is 0.329 e. The molecule has 0 saturated heterocycles. The maximum atomic E-state index is 12.1. The Hall–Kier alpha value is -1.75. The van der Waals surface area contributed by atoms with Crippen LogP contribution in [0, 0.1) is 6.92 Å². The highest BCUT2D eigenvalue weighted by atomic mass is 35.5. The van der Waals surface area contributed by atoms with Crippen molar-refractivity contribution in [1.82, 2.24) is 5.32 Å². The molecule has 1 aliphatic carbocycles. The van der Waals surface area contributed by atoms with E-state index < -0.39 is 17.5 Å². The van der Waals surface area contributed by atoms with Crippen LogP contribution in [0.2, 0.25) is 5.02 Å². The quantitative estimate of drug-likeness (QED) is 0.798. The summed E-state index contributed by atoms with van der Waals surface area (Å²) < 4.78 is 0. The molecular formula is C15H19ClN2O3. The van der Waals surface area contributed by atoms with Crippen LogP contribution in [0.5, 0.6) is 0 Å². The maximum absolute atomic E-state index is 12.1. The van der Waals surface area contributed by atoms with E-state index in [-0.39, 0.29) is 0 Å². The Balaban J connectivity index is 2.05. The van der Waals surface area contributed by atoms with Gasteiger partial charge in [0.25, 0.3) is 0 Å². The number of hydrogen-bond donors (Lipinski definition) is 3. The fraction of sp³-hybridized carbons (Fsp3) is 0.467. The number of carboxylic acids is 1. The van der Waals surface area contributed by atoms with Crippen LogP contribution in [-0.4, -0.2) is 22.6 Å². The third-order valence-electron chi connectivity index (χ3n) is 3.90. The molecule has 0 bridgehead atoms. The lowest BCUT2D eigenvalue weighted by molar-refractivity contribution is -0.145. The highest BCUT2D eigenvalue weighted by Crippen LogP contribution is 2.28. The van der Waals surface area contributed by atoms with Gasteiger partial charge < -0.3 is 15.7 Å². The molecule has 6 heteroatoms. The van der Waals surface area contributed by atoms with Crippen LogP contribution in [0.15, 0.2) is 18.2 Å². The number of anilines is 1.